The molecule has 0 bridgehead atoms. The van der Waals surface area contributed by atoms with Gasteiger partial charge in [-0.15, -0.1) is 0 Å². The van der Waals surface area contributed by atoms with Gasteiger partial charge in [0.15, 0.2) is 0 Å². The Balaban J connectivity index is 2.68. The lowest BCUT2D eigenvalue weighted by Crippen LogP contribution is -2.09. The minimum atomic E-state index is -0.479. The number of allylic oxidation sites excluding steroid dienone is 5. The minimum absolute atomic E-state index is 0.479. The highest BCUT2D eigenvalue weighted by atomic mass is 35.5. The van der Waals surface area contributed by atoms with Gasteiger partial charge in [0, 0.05) is 11.9 Å². The van der Waals surface area contributed by atoms with Crippen molar-refractivity contribution in [1.29, 1.82) is 0 Å². The molecular weight excluding hydrogens is 169 g/mol. The van der Waals surface area contributed by atoms with Crippen LogP contribution in [0.5, 0.6) is 0 Å². The summed E-state index contributed by atoms with van der Waals surface area (Å²) in [6, 6.07) is 0. The Hall–Kier alpha value is -0.400. The average molecular weight is 176 g/mol. The summed E-state index contributed by atoms with van der Waals surface area (Å²) in [5.41, 5.74) is 0.799. The molecule has 0 aromatic carbocycles. The van der Waals surface area contributed by atoms with Crippen molar-refractivity contribution in [3.63, 3.8) is 0 Å². The second-order valence-electron chi connectivity index (χ2n) is 1.81. The third-order valence-electron chi connectivity index (χ3n) is 1.08. The fourth-order valence-corrected chi connectivity index (χ4v) is 0.879. The van der Waals surface area contributed by atoms with E-state index in [4.69, 9.17) is 23.2 Å². The highest BCUT2D eigenvalue weighted by Gasteiger charge is 2.03. The van der Waals surface area contributed by atoms with E-state index in [9.17, 15) is 0 Å². The predicted octanol–water partition coefficient (Wildman–Crippen LogP) is 2.35. The fourth-order valence-electron chi connectivity index (χ4n) is 0.607. The summed E-state index contributed by atoms with van der Waals surface area (Å²) in [5, 5.41) is 2.94. The van der Waals surface area contributed by atoms with Crippen LogP contribution >= 0.6 is 23.2 Å². The van der Waals surface area contributed by atoms with Crippen molar-refractivity contribution in [2.24, 2.45) is 0 Å². The maximum absolute atomic E-state index is 5.60. The molecule has 0 unspecified atom stereocenters. The zero-order valence-electron chi connectivity index (χ0n) is 5.22. The lowest BCUT2D eigenvalue weighted by atomic mass is 10.4. The lowest BCUT2D eigenvalue weighted by molar-refractivity contribution is 1.04. The van der Waals surface area contributed by atoms with Gasteiger partial charge in [0.1, 0.15) is 4.84 Å². The van der Waals surface area contributed by atoms with Crippen LogP contribution in [0.3, 0.4) is 0 Å². The Bertz CT molecular complexity index is 192. The number of nitrogens with one attached hydrogen (secondary N) is 1. The Morgan fingerprint density at radius 2 is 2.00 bits per heavy atom. The zero-order chi connectivity index (χ0) is 7.40. The molecule has 0 saturated heterocycles. The summed E-state index contributed by atoms with van der Waals surface area (Å²) in [6.07, 6.45) is 9.27. The molecule has 0 fully saturated rings. The normalized spacial score (nSPS) is 16.5. The Morgan fingerprint density at radius 1 is 1.20 bits per heavy atom. The van der Waals surface area contributed by atoms with Crippen molar-refractivity contribution < 1.29 is 0 Å². The van der Waals surface area contributed by atoms with Crippen molar-refractivity contribution >= 4 is 23.2 Å². The Labute approximate surface area is 70.0 Å². The van der Waals surface area contributed by atoms with Crippen LogP contribution in [0.4, 0.5) is 0 Å². The van der Waals surface area contributed by atoms with Crippen LogP contribution in [-0.2, 0) is 0 Å². The van der Waals surface area contributed by atoms with Crippen LogP contribution in [-0.4, -0.2) is 4.84 Å². The lowest BCUT2D eigenvalue weighted by Gasteiger charge is -2.04. The van der Waals surface area contributed by atoms with Gasteiger partial charge < -0.3 is 5.32 Å². The molecule has 0 radical (unpaired) electrons. The molecule has 1 aliphatic heterocycles. The van der Waals surface area contributed by atoms with Crippen molar-refractivity contribution in [2.45, 2.75) is 4.84 Å². The smallest absolute Gasteiger partial charge is 0.147 e. The van der Waals surface area contributed by atoms with Crippen LogP contribution in [0.1, 0.15) is 0 Å². The molecule has 0 amide bonds. The van der Waals surface area contributed by atoms with Crippen LogP contribution in [0.2, 0.25) is 0 Å². The molecule has 0 aliphatic carbocycles. The van der Waals surface area contributed by atoms with E-state index >= 15 is 0 Å². The zero-order valence-corrected chi connectivity index (χ0v) is 6.73. The molecule has 0 atom stereocenters. The summed E-state index contributed by atoms with van der Waals surface area (Å²) >= 11 is 11.2. The highest BCUT2D eigenvalue weighted by molar-refractivity contribution is 6.46. The van der Waals surface area contributed by atoms with Gasteiger partial charge in [0.05, 0.1) is 0 Å². The van der Waals surface area contributed by atoms with E-state index < -0.39 is 4.84 Å². The molecule has 1 N–H and O–H groups in total. The number of halogens is 2. The van der Waals surface area contributed by atoms with Gasteiger partial charge in [-0.05, 0) is 12.2 Å². The first-order valence-corrected chi connectivity index (χ1v) is 3.76. The van der Waals surface area contributed by atoms with Gasteiger partial charge in [-0.3, -0.25) is 0 Å². The monoisotopic (exact) mass is 175 g/mol. The third-order valence-corrected chi connectivity index (χ3v) is 1.55. The second-order valence-corrected chi connectivity index (χ2v) is 2.91. The van der Waals surface area contributed by atoms with Gasteiger partial charge in [-0.2, -0.15) is 0 Å². The quantitative estimate of drug-likeness (QED) is 0.604. The molecule has 3 heteroatoms. The molecule has 0 saturated carbocycles. The predicted molar refractivity (Wildman–Crippen MR) is 45.0 cm³/mol. The van der Waals surface area contributed by atoms with Crippen molar-refractivity contribution in [3.05, 3.63) is 36.2 Å². The van der Waals surface area contributed by atoms with E-state index in [0.717, 1.165) is 5.70 Å². The molecule has 54 valence electrons. The number of hydrogen-bond donors (Lipinski definition) is 1. The maximum atomic E-state index is 5.60. The van der Waals surface area contributed by atoms with Crippen LogP contribution in [0.25, 0.3) is 0 Å². The molecule has 1 rings (SSSR count). The third kappa shape index (κ3) is 2.09. The van der Waals surface area contributed by atoms with Crippen molar-refractivity contribution in [1.82, 2.24) is 5.32 Å². The van der Waals surface area contributed by atoms with Crippen molar-refractivity contribution in [3.8, 4) is 0 Å². The largest absolute Gasteiger partial charge is 0.363 e. The van der Waals surface area contributed by atoms with E-state index in [2.05, 4.69) is 5.32 Å². The molecule has 0 aromatic rings. The molecule has 1 aliphatic rings. The number of rotatable bonds is 1. The first-order valence-electron chi connectivity index (χ1n) is 2.89. The van der Waals surface area contributed by atoms with Gasteiger partial charge in [0.2, 0.25) is 0 Å². The molecule has 0 spiro atoms. The SMILES string of the molecule is ClC(Cl)C1=CC=CC=CN1. The first kappa shape index (κ1) is 7.70. The standard InChI is InChI=1S/C7H7Cl2N/c8-7(9)6-4-2-1-3-5-10-6/h1-5,7,10H. The molecular formula is C7H7Cl2N. The van der Waals surface area contributed by atoms with Crippen LogP contribution in [0.15, 0.2) is 36.2 Å². The molecule has 1 heterocycles. The number of hydrogen-bond acceptors (Lipinski definition) is 1. The van der Waals surface area contributed by atoms with Gasteiger partial charge in [0.25, 0.3) is 0 Å². The summed E-state index contributed by atoms with van der Waals surface area (Å²) in [5.74, 6) is 0. The van der Waals surface area contributed by atoms with Gasteiger partial charge >= 0.3 is 0 Å². The summed E-state index contributed by atoms with van der Waals surface area (Å²) in [6.45, 7) is 0. The molecule has 0 aromatic heterocycles. The highest BCUT2D eigenvalue weighted by Crippen LogP contribution is 2.12. The topological polar surface area (TPSA) is 12.0 Å². The van der Waals surface area contributed by atoms with E-state index in [1.165, 1.54) is 0 Å². The molecule has 1 nitrogen and oxygen atoms in total. The van der Waals surface area contributed by atoms with Crippen molar-refractivity contribution in [2.75, 3.05) is 0 Å². The van der Waals surface area contributed by atoms with Gasteiger partial charge in [-0.1, -0.05) is 35.4 Å². The van der Waals surface area contributed by atoms with Gasteiger partial charge in [-0.25, -0.2) is 0 Å². The van der Waals surface area contributed by atoms with Crippen LogP contribution in [0, 0.1) is 0 Å². The van der Waals surface area contributed by atoms with Crippen LogP contribution < -0.4 is 5.32 Å². The Kier molecular flexibility index (Phi) is 2.84. The Morgan fingerprint density at radius 3 is 2.70 bits per heavy atom. The first-order chi connectivity index (χ1) is 4.80. The second kappa shape index (κ2) is 3.69. The summed E-state index contributed by atoms with van der Waals surface area (Å²) < 4.78 is 0. The minimum Gasteiger partial charge on any atom is -0.363 e. The number of alkyl halides is 2. The summed E-state index contributed by atoms with van der Waals surface area (Å²) in [7, 11) is 0. The summed E-state index contributed by atoms with van der Waals surface area (Å²) in [4.78, 5) is -0.479. The molecule has 10 heavy (non-hydrogen) atoms. The van der Waals surface area contributed by atoms with E-state index in [-0.39, 0.29) is 0 Å². The fraction of sp³-hybridized carbons (Fsp3) is 0.143. The van der Waals surface area contributed by atoms with E-state index in [0.29, 0.717) is 0 Å². The van der Waals surface area contributed by atoms with E-state index in [1.807, 2.05) is 24.3 Å². The van der Waals surface area contributed by atoms with E-state index in [1.54, 1.807) is 6.20 Å². The maximum Gasteiger partial charge on any atom is 0.147 e. The average Bonchev–Trinajstić information content (AvgIpc) is 2.12.